The number of ether oxygens (including phenoxy) is 1. The third kappa shape index (κ3) is 3.17. The first kappa shape index (κ1) is 17.6. The molecular weight excluding hydrogens is 348 g/mol. The summed E-state index contributed by atoms with van der Waals surface area (Å²) < 4.78 is 10.5. The second-order valence-corrected chi connectivity index (χ2v) is 7.23. The summed E-state index contributed by atoms with van der Waals surface area (Å²) in [7, 11) is 1.55. The van der Waals surface area contributed by atoms with Crippen LogP contribution in [0.3, 0.4) is 0 Å². The third-order valence-electron chi connectivity index (χ3n) is 5.54. The summed E-state index contributed by atoms with van der Waals surface area (Å²) in [5.41, 5.74) is 7.65. The van der Waals surface area contributed by atoms with E-state index in [1.54, 1.807) is 13.2 Å². The van der Waals surface area contributed by atoms with Gasteiger partial charge in [-0.25, -0.2) is 0 Å². The van der Waals surface area contributed by atoms with E-state index in [-0.39, 0.29) is 23.8 Å². The van der Waals surface area contributed by atoms with Gasteiger partial charge < -0.3 is 24.8 Å². The minimum absolute atomic E-state index is 0.0635. The van der Waals surface area contributed by atoms with E-state index >= 15 is 0 Å². The van der Waals surface area contributed by atoms with Crippen LogP contribution >= 0.6 is 0 Å². The number of aryl methyl sites for hydroxylation is 2. The van der Waals surface area contributed by atoms with Crippen molar-refractivity contribution >= 4 is 17.7 Å². The molecule has 0 radical (unpaired) electrons. The number of nitrogens with zero attached hydrogens (tertiary/aromatic N) is 5. The minimum Gasteiger partial charge on any atom is -0.481 e. The molecule has 9 nitrogen and oxygen atoms in total. The van der Waals surface area contributed by atoms with E-state index in [1.165, 1.54) is 0 Å². The molecule has 2 bridgehead atoms. The van der Waals surface area contributed by atoms with Crippen molar-refractivity contribution in [2.75, 3.05) is 30.8 Å². The van der Waals surface area contributed by atoms with E-state index in [9.17, 15) is 4.79 Å². The molecule has 2 aromatic heterocycles. The number of piperidine rings is 1. The van der Waals surface area contributed by atoms with Crippen molar-refractivity contribution in [3.8, 4) is 5.88 Å². The maximum Gasteiger partial charge on any atom is 0.228 e. The molecule has 0 aliphatic carbocycles. The van der Waals surface area contributed by atoms with Crippen LogP contribution < -0.4 is 15.4 Å². The Morgan fingerprint density at radius 3 is 2.81 bits per heavy atom. The number of hydrogen-bond acceptors (Lipinski definition) is 8. The molecule has 2 atom stereocenters. The van der Waals surface area contributed by atoms with Gasteiger partial charge in [0, 0.05) is 30.8 Å². The Kier molecular flexibility index (Phi) is 4.37. The van der Waals surface area contributed by atoms with Gasteiger partial charge in [0.25, 0.3) is 0 Å². The molecule has 5 rings (SSSR count). The van der Waals surface area contributed by atoms with E-state index in [0.717, 1.165) is 29.9 Å². The van der Waals surface area contributed by atoms with Gasteiger partial charge in [-0.1, -0.05) is 5.16 Å². The zero-order valence-corrected chi connectivity index (χ0v) is 15.8. The van der Waals surface area contributed by atoms with E-state index < -0.39 is 0 Å². The molecule has 3 aliphatic heterocycles. The Morgan fingerprint density at radius 2 is 2.11 bits per heavy atom. The summed E-state index contributed by atoms with van der Waals surface area (Å²) in [6.07, 6.45) is 1.85. The van der Waals surface area contributed by atoms with Gasteiger partial charge in [0.05, 0.1) is 25.3 Å². The number of carbonyl (C=O) groups is 1. The van der Waals surface area contributed by atoms with Crippen LogP contribution in [0.2, 0.25) is 0 Å². The topological polar surface area (TPSA) is 111 Å². The maximum atomic E-state index is 13.1. The predicted molar refractivity (Wildman–Crippen MR) is 98.2 cm³/mol. The molecule has 5 heterocycles. The van der Waals surface area contributed by atoms with Crippen molar-refractivity contribution < 1.29 is 14.1 Å². The fraction of sp³-hybridized carbons (Fsp3) is 0.556. The zero-order valence-electron chi connectivity index (χ0n) is 15.8. The number of aromatic nitrogens is 3. The number of hydrogen-bond donors (Lipinski definition) is 1. The summed E-state index contributed by atoms with van der Waals surface area (Å²) in [6, 6.07) is 1.87. The second kappa shape index (κ2) is 6.71. The highest BCUT2D eigenvalue weighted by Crippen LogP contribution is 2.33. The highest BCUT2D eigenvalue weighted by Gasteiger charge is 2.41. The van der Waals surface area contributed by atoms with Crippen molar-refractivity contribution in [2.24, 2.45) is 5.92 Å². The van der Waals surface area contributed by atoms with E-state index in [1.807, 2.05) is 18.7 Å². The smallest absolute Gasteiger partial charge is 0.228 e. The molecule has 2 aromatic rings. The summed E-state index contributed by atoms with van der Waals surface area (Å²) in [4.78, 5) is 25.6. The number of carbonyl (C=O) groups excluding carboxylic acids is 1. The minimum atomic E-state index is -0.0635. The van der Waals surface area contributed by atoms with Gasteiger partial charge in [-0.3, -0.25) is 4.79 Å². The average molecular weight is 372 g/mol. The summed E-state index contributed by atoms with van der Waals surface area (Å²) >= 11 is 0. The summed E-state index contributed by atoms with van der Waals surface area (Å²) in [5.74, 6) is 2.18. The normalized spacial score (nSPS) is 22.3. The van der Waals surface area contributed by atoms with Crippen LogP contribution in [0.15, 0.2) is 10.6 Å². The van der Waals surface area contributed by atoms with Gasteiger partial charge in [-0.05, 0) is 26.7 Å². The van der Waals surface area contributed by atoms with E-state index in [0.29, 0.717) is 31.3 Å². The van der Waals surface area contributed by atoms with Crippen molar-refractivity contribution in [1.82, 2.24) is 20.0 Å². The van der Waals surface area contributed by atoms with E-state index in [4.69, 9.17) is 15.0 Å². The highest BCUT2D eigenvalue weighted by atomic mass is 16.5. The van der Waals surface area contributed by atoms with Crippen molar-refractivity contribution in [3.05, 3.63) is 23.1 Å². The first-order valence-corrected chi connectivity index (χ1v) is 9.12. The van der Waals surface area contributed by atoms with E-state index in [2.05, 4.69) is 20.0 Å². The van der Waals surface area contributed by atoms with Crippen LogP contribution in [-0.2, 0) is 11.3 Å². The molecule has 0 saturated carbocycles. The molecule has 3 fully saturated rings. The largest absolute Gasteiger partial charge is 0.481 e. The zero-order chi connectivity index (χ0) is 19.1. The molecule has 0 unspecified atom stereocenters. The summed E-state index contributed by atoms with van der Waals surface area (Å²) in [5, 5.41) is 4.02. The Labute approximate surface area is 157 Å². The Balaban J connectivity index is 1.62. The first-order valence-electron chi connectivity index (χ1n) is 9.12. The number of nitrogen functional groups attached to an aromatic ring is 1. The molecule has 3 aliphatic rings. The Bertz CT molecular complexity index is 847. The Morgan fingerprint density at radius 1 is 1.30 bits per heavy atom. The Hall–Kier alpha value is -2.84. The van der Waals surface area contributed by atoms with Gasteiger partial charge in [-0.2, -0.15) is 9.97 Å². The highest BCUT2D eigenvalue weighted by molar-refractivity contribution is 5.81. The lowest BCUT2D eigenvalue weighted by Crippen LogP contribution is -2.47. The van der Waals surface area contributed by atoms with Gasteiger partial charge in [0.1, 0.15) is 11.6 Å². The van der Waals surface area contributed by atoms with Crippen LogP contribution in [0.1, 0.15) is 29.9 Å². The maximum absolute atomic E-state index is 13.1. The quantitative estimate of drug-likeness (QED) is 0.855. The standard InChI is InChI=1S/C18H24N6O3/c1-10-14(11(2)27-22-10)9-24-13-5-4-12(17(24)25)7-23(8-13)15-6-16(26-3)21-18(19)20-15/h6,12-13H,4-5,7-9H2,1-3H3,(H2,19,20,21)/t12-,13+/m0/s1. The van der Waals surface area contributed by atoms with Crippen molar-refractivity contribution in [1.29, 1.82) is 0 Å². The average Bonchev–Trinajstić information content (AvgIpc) is 2.82. The number of anilines is 2. The van der Waals surface area contributed by atoms with Crippen molar-refractivity contribution in [3.63, 3.8) is 0 Å². The van der Waals surface area contributed by atoms with Crippen LogP contribution in [0, 0.1) is 19.8 Å². The number of amides is 1. The van der Waals surface area contributed by atoms with Gasteiger partial charge in [0.15, 0.2) is 0 Å². The second-order valence-electron chi connectivity index (χ2n) is 7.23. The number of nitrogens with two attached hydrogens (primary N) is 1. The van der Waals surface area contributed by atoms with Crippen LogP contribution in [-0.4, -0.2) is 52.2 Å². The first-order chi connectivity index (χ1) is 13.0. The molecule has 2 N–H and O–H groups in total. The lowest BCUT2D eigenvalue weighted by Gasteiger charge is -2.35. The molecule has 144 valence electrons. The van der Waals surface area contributed by atoms with Gasteiger partial charge in [0.2, 0.25) is 17.7 Å². The lowest BCUT2D eigenvalue weighted by atomic mass is 9.93. The fourth-order valence-electron chi connectivity index (χ4n) is 4.03. The van der Waals surface area contributed by atoms with Crippen LogP contribution in [0.4, 0.5) is 11.8 Å². The van der Waals surface area contributed by atoms with Crippen LogP contribution in [0.25, 0.3) is 0 Å². The molecule has 0 spiro atoms. The van der Waals surface area contributed by atoms with Gasteiger partial charge in [-0.15, -0.1) is 0 Å². The van der Waals surface area contributed by atoms with Crippen molar-refractivity contribution in [2.45, 2.75) is 39.3 Å². The number of rotatable bonds is 4. The van der Waals surface area contributed by atoms with Crippen LogP contribution in [0.5, 0.6) is 5.88 Å². The third-order valence-corrected chi connectivity index (χ3v) is 5.54. The molecule has 27 heavy (non-hydrogen) atoms. The molecule has 0 aromatic carbocycles. The summed E-state index contributed by atoms with van der Waals surface area (Å²) in [6.45, 7) is 5.65. The number of methoxy groups -OCH3 is 1. The number of fused-ring (bicyclic) bond motifs is 4. The molecule has 3 saturated heterocycles. The predicted octanol–water partition coefficient (Wildman–Crippen LogP) is 1.30. The lowest BCUT2D eigenvalue weighted by molar-refractivity contribution is -0.140. The monoisotopic (exact) mass is 372 g/mol. The fourth-order valence-corrected chi connectivity index (χ4v) is 4.03. The van der Waals surface area contributed by atoms with Gasteiger partial charge >= 0.3 is 0 Å². The SMILES string of the molecule is COc1cc(N2C[C@@H]3CC[C@H](C2)N(Cc2c(C)noc2C)C3=O)nc(N)n1. The molecular formula is C18H24N6O3. The molecule has 9 heteroatoms. The molecule has 1 amide bonds.